The molecule has 14 heavy (non-hydrogen) atoms. The molecule has 0 aliphatic rings. The summed E-state index contributed by atoms with van der Waals surface area (Å²) in [5.74, 6) is -0.224. The first-order valence-corrected chi connectivity index (χ1v) is 4.71. The van der Waals surface area contributed by atoms with E-state index in [0.29, 0.717) is 0 Å². The molecule has 0 saturated carbocycles. The molecule has 5 heteroatoms. The molecular formula is C9H19N3O2. The minimum Gasteiger partial charge on any atom is -0.358 e. The molecule has 82 valence electrons. The zero-order chi connectivity index (χ0) is 11.1. The monoisotopic (exact) mass is 201 g/mol. The standard InChI is InChI=1S/C9H19N3O2/c1-6(2)12-9(14)7(3)11-5-8(13)10-4/h6-7,11H,5H2,1-4H3,(H,10,13)(H,12,14). The summed E-state index contributed by atoms with van der Waals surface area (Å²) in [6.45, 7) is 5.66. The molecule has 0 heterocycles. The fourth-order valence-electron chi connectivity index (χ4n) is 0.836. The molecule has 3 N–H and O–H groups in total. The van der Waals surface area contributed by atoms with Gasteiger partial charge in [-0.05, 0) is 20.8 Å². The topological polar surface area (TPSA) is 70.2 Å². The van der Waals surface area contributed by atoms with Gasteiger partial charge in [0.2, 0.25) is 11.8 Å². The van der Waals surface area contributed by atoms with Crippen LogP contribution in [0.4, 0.5) is 0 Å². The molecule has 0 rings (SSSR count). The van der Waals surface area contributed by atoms with Crippen LogP contribution in [0.2, 0.25) is 0 Å². The van der Waals surface area contributed by atoms with Crippen molar-refractivity contribution in [2.75, 3.05) is 13.6 Å². The van der Waals surface area contributed by atoms with Crippen molar-refractivity contribution in [1.82, 2.24) is 16.0 Å². The zero-order valence-electron chi connectivity index (χ0n) is 9.18. The van der Waals surface area contributed by atoms with Gasteiger partial charge in [0.1, 0.15) is 0 Å². The highest BCUT2D eigenvalue weighted by Gasteiger charge is 2.13. The van der Waals surface area contributed by atoms with Gasteiger partial charge < -0.3 is 10.6 Å². The lowest BCUT2D eigenvalue weighted by Crippen LogP contribution is -2.47. The first-order chi connectivity index (χ1) is 6.47. The number of nitrogens with one attached hydrogen (secondary N) is 3. The predicted octanol–water partition coefficient (Wildman–Crippen LogP) is -0.765. The lowest BCUT2D eigenvalue weighted by Gasteiger charge is -2.15. The summed E-state index contributed by atoms with van der Waals surface area (Å²) < 4.78 is 0. The van der Waals surface area contributed by atoms with Gasteiger partial charge in [-0.3, -0.25) is 14.9 Å². The van der Waals surface area contributed by atoms with Crippen molar-refractivity contribution in [3.05, 3.63) is 0 Å². The fourth-order valence-corrected chi connectivity index (χ4v) is 0.836. The Labute approximate surface area is 84.6 Å². The molecular weight excluding hydrogens is 182 g/mol. The average molecular weight is 201 g/mol. The van der Waals surface area contributed by atoms with Crippen LogP contribution in [0.3, 0.4) is 0 Å². The number of hydrogen-bond donors (Lipinski definition) is 3. The van der Waals surface area contributed by atoms with Gasteiger partial charge in [-0.1, -0.05) is 0 Å². The summed E-state index contributed by atoms with van der Waals surface area (Å²) in [6, 6.07) is -0.235. The molecule has 0 bridgehead atoms. The van der Waals surface area contributed by atoms with Crippen LogP contribution in [-0.2, 0) is 9.59 Å². The van der Waals surface area contributed by atoms with Crippen LogP contribution in [0.5, 0.6) is 0 Å². The quantitative estimate of drug-likeness (QED) is 0.547. The van der Waals surface area contributed by atoms with Crippen LogP contribution >= 0.6 is 0 Å². The van der Waals surface area contributed by atoms with E-state index in [-0.39, 0.29) is 30.4 Å². The average Bonchev–Trinajstić information content (AvgIpc) is 2.12. The summed E-state index contributed by atoms with van der Waals surface area (Å²) >= 11 is 0. The third-order valence-electron chi connectivity index (χ3n) is 1.67. The molecule has 0 spiro atoms. The van der Waals surface area contributed by atoms with Crippen LogP contribution < -0.4 is 16.0 Å². The van der Waals surface area contributed by atoms with Gasteiger partial charge in [-0.25, -0.2) is 0 Å². The van der Waals surface area contributed by atoms with E-state index in [4.69, 9.17) is 0 Å². The molecule has 0 saturated heterocycles. The van der Waals surface area contributed by atoms with E-state index in [9.17, 15) is 9.59 Å². The van der Waals surface area contributed by atoms with Crippen LogP contribution in [0.1, 0.15) is 20.8 Å². The van der Waals surface area contributed by atoms with E-state index in [1.165, 1.54) is 0 Å². The number of carbonyl (C=O) groups excluding carboxylic acids is 2. The van der Waals surface area contributed by atoms with Gasteiger partial charge in [0.15, 0.2) is 0 Å². The Balaban J connectivity index is 3.78. The smallest absolute Gasteiger partial charge is 0.237 e. The van der Waals surface area contributed by atoms with E-state index >= 15 is 0 Å². The van der Waals surface area contributed by atoms with E-state index in [2.05, 4.69) is 16.0 Å². The maximum Gasteiger partial charge on any atom is 0.237 e. The molecule has 0 aliphatic heterocycles. The Hall–Kier alpha value is -1.10. The Morgan fingerprint density at radius 3 is 2.21 bits per heavy atom. The first-order valence-electron chi connectivity index (χ1n) is 4.71. The Morgan fingerprint density at radius 1 is 1.21 bits per heavy atom. The summed E-state index contributed by atoms with van der Waals surface area (Å²) in [6.07, 6.45) is 0. The maximum atomic E-state index is 11.3. The van der Waals surface area contributed by atoms with Crippen molar-refractivity contribution in [1.29, 1.82) is 0 Å². The normalized spacial score (nSPS) is 12.4. The number of likely N-dealkylation sites (N-methyl/N-ethyl adjacent to an activating group) is 1. The van der Waals surface area contributed by atoms with E-state index in [1.54, 1.807) is 14.0 Å². The summed E-state index contributed by atoms with van der Waals surface area (Å²) in [5.41, 5.74) is 0. The second kappa shape index (κ2) is 6.37. The molecule has 0 aromatic carbocycles. The number of rotatable bonds is 5. The summed E-state index contributed by atoms with van der Waals surface area (Å²) in [5, 5.41) is 8.03. The van der Waals surface area contributed by atoms with E-state index in [1.807, 2.05) is 13.8 Å². The van der Waals surface area contributed by atoms with Crippen LogP contribution in [0.15, 0.2) is 0 Å². The van der Waals surface area contributed by atoms with Crippen molar-refractivity contribution < 1.29 is 9.59 Å². The van der Waals surface area contributed by atoms with Crippen molar-refractivity contribution in [2.24, 2.45) is 0 Å². The molecule has 0 radical (unpaired) electrons. The highest BCUT2D eigenvalue weighted by atomic mass is 16.2. The van der Waals surface area contributed by atoms with Crippen molar-refractivity contribution in [3.8, 4) is 0 Å². The van der Waals surface area contributed by atoms with Crippen molar-refractivity contribution in [2.45, 2.75) is 32.9 Å². The highest BCUT2D eigenvalue weighted by Crippen LogP contribution is 1.84. The highest BCUT2D eigenvalue weighted by molar-refractivity contribution is 5.83. The molecule has 0 aromatic heterocycles. The van der Waals surface area contributed by atoms with Crippen LogP contribution in [0, 0.1) is 0 Å². The third-order valence-corrected chi connectivity index (χ3v) is 1.67. The van der Waals surface area contributed by atoms with Crippen LogP contribution in [0.25, 0.3) is 0 Å². The lowest BCUT2D eigenvalue weighted by atomic mass is 10.3. The predicted molar refractivity (Wildman–Crippen MR) is 54.8 cm³/mol. The number of hydrogen-bond acceptors (Lipinski definition) is 3. The molecule has 5 nitrogen and oxygen atoms in total. The van der Waals surface area contributed by atoms with E-state index in [0.717, 1.165) is 0 Å². The molecule has 0 aliphatic carbocycles. The SMILES string of the molecule is CNC(=O)CNC(C)C(=O)NC(C)C. The fraction of sp³-hybridized carbons (Fsp3) is 0.778. The van der Waals surface area contributed by atoms with Gasteiger partial charge in [0, 0.05) is 13.1 Å². The minimum atomic E-state index is -0.352. The molecule has 0 aromatic rings. The van der Waals surface area contributed by atoms with Gasteiger partial charge in [0.25, 0.3) is 0 Å². The van der Waals surface area contributed by atoms with Gasteiger partial charge in [-0.2, -0.15) is 0 Å². The van der Waals surface area contributed by atoms with Crippen LogP contribution in [-0.4, -0.2) is 37.5 Å². The summed E-state index contributed by atoms with van der Waals surface area (Å²) in [4.78, 5) is 22.2. The zero-order valence-corrected chi connectivity index (χ0v) is 9.18. The minimum absolute atomic E-state index is 0.0936. The van der Waals surface area contributed by atoms with Gasteiger partial charge in [-0.15, -0.1) is 0 Å². The Bertz CT molecular complexity index is 204. The molecule has 2 amide bonds. The van der Waals surface area contributed by atoms with E-state index < -0.39 is 0 Å². The third kappa shape index (κ3) is 5.53. The van der Waals surface area contributed by atoms with Crippen molar-refractivity contribution >= 4 is 11.8 Å². The molecule has 1 atom stereocenters. The Kier molecular flexibility index (Phi) is 5.87. The first kappa shape index (κ1) is 12.9. The second-order valence-electron chi connectivity index (χ2n) is 3.44. The molecule has 1 unspecified atom stereocenters. The molecule has 0 fully saturated rings. The summed E-state index contributed by atoms with van der Waals surface area (Å²) in [7, 11) is 1.56. The maximum absolute atomic E-state index is 11.3. The number of amides is 2. The Morgan fingerprint density at radius 2 is 1.79 bits per heavy atom. The second-order valence-corrected chi connectivity index (χ2v) is 3.44. The van der Waals surface area contributed by atoms with Gasteiger partial charge >= 0.3 is 0 Å². The van der Waals surface area contributed by atoms with Gasteiger partial charge in [0.05, 0.1) is 12.6 Å². The largest absolute Gasteiger partial charge is 0.358 e. The lowest BCUT2D eigenvalue weighted by molar-refractivity contribution is -0.123. The van der Waals surface area contributed by atoms with Crippen molar-refractivity contribution in [3.63, 3.8) is 0 Å². The number of carbonyl (C=O) groups is 2.